The third-order valence-corrected chi connectivity index (χ3v) is 4.53. The van der Waals surface area contributed by atoms with E-state index in [4.69, 9.17) is 0 Å². The minimum atomic E-state index is -4.47. The maximum absolute atomic E-state index is 12.8. The molecule has 7 heteroatoms. The van der Waals surface area contributed by atoms with Crippen LogP contribution >= 0.6 is 0 Å². The Morgan fingerprint density at radius 3 is 2.50 bits per heavy atom. The number of nitrogens with one attached hydrogen (secondary N) is 1. The van der Waals surface area contributed by atoms with Crippen molar-refractivity contribution in [3.8, 4) is 0 Å². The van der Waals surface area contributed by atoms with Crippen molar-refractivity contribution in [2.24, 2.45) is 0 Å². The minimum absolute atomic E-state index is 0.00623. The van der Waals surface area contributed by atoms with Crippen molar-refractivity contribution >= 4 is 9.84 Å². The van der Waals surface area contributed by atoms with E-state index in [1.165, 1.54) is 18.2 Å². The molecule has 1 heterocycles. The van der Waals surface area contributed by atoms with Crippen LogP contribution in [-0.2, 0) is 16.0 Å². The van der Waals surface area contributed by atoms with Gasteiger partial charge in [0.25, 0.3) is 0 Å². The van der Waals surface area contributed by atoms with Gasteiger partial charge in [-0.15, -0.1) is 0 Å². The van der Waals surface area contributed by atoms with Crippen LogP contribution in [0.1, 0.15) is 17.2 Å². The molecule has 2 rings (SSSR count). The summed E-state index contributed by atoms with van der Waals surface area (Å²) in [5, 5.41) is 2.82. The van der Waals surface area contributed by atoms with E-state index in [0.717, 1.165) is 6.07 Å². The van der Waals surface area contributed by atoms with Gasteiger partial charge in [0.05, 0.1) is 17.1 Å². The Kier molecular flexibility index (Phi) is 3.37. The lowest BCUT2D eigenvalue weighted by Gasteiger charge is -2.26. The molecule has 1 aromatic carbocycles. The highest BCUT2D eigenvalue weighted by Crippen LogP contribution is 2.35. The Morgan fingerprint density at radius 1 is 1.22 bits per heavy atom. The molecule has 0 bridgehead atoms. The van der Waals surface area contributed by atoms with Crippen molar-refractivity contribution in [1.82, 2.24) is 5.32 Å². The fourth-order valence-corrected chi connectivity index (χ4v) is 3.44. The Morgan fingerprint density at radius 2 is 1.89 bits per heavy atom. The summed E-state index contributed by atoms with van der Waals surface area (Å²) in [5.74, 6) is -0.322. The molecule has 100 valence electrons. The van der Waals surface area contributed by atoms with E-state index in [0.29, 0.717) is 0 Å². The quantitative estimate of drug-likeness (QED) is 0.852. The molecule has 3 nitrogen and oxygen atoms in total. The van der Waals surface area contributed by atoms with E-state index in [9.17, 15) is 21.6 Å². The summed E-state index contributed by atoms with van der Waals surface area (Å²) in [5.41, 5.74) is -0.784. The molecule has 0 saturated carbocycles. The van der Waals surface area contributed by atoms with Crippen molar-refractivity contribution in [2.75, 3.05) is 18.1 Å². The summed E-state index contributed by atoms with van der Waals surface area (Å²) in [7, 11) is -3.27. The van der Waals surface area contributed by atoms with Crippen molar-refractivity contribution in [1.29, 1.82) is 0 Å². The summed E-state index contributed by atoms with van der Waals surface area (Å²) in [6.07, 6.45) is -4.47. The van der Waals surface area contributed by atoms with Gasteiger partial charge in [0, 0.05) is 12.6 Å². The molecule has 1 aliphatic rings. The number of hydrogen-bond donors (Lipinski definition) is 1. The monoisotopic (exact) mass is 279 g/mol. The molecule has 18 heavy (non-hydrogen) atoms. The summed E-state index contributed by atoms with van der Waals surface area (Å²) in [4.78, 5) is 0. The normalized spacial score (nSPS) is 23.8. The largest absolute Gasteiger partial charge is 0.416 e. The molecule has 0 amide bonds. The Labute approximate surface area is 103 Å². The first-order valence-corrected chi connectivity index (χ1v) is 7.22. The van der Waals surface area contributed by atoms with Crippen molar-refractivity contribution in [3.63, 3.8) is 0 Å². The second-order valence-electron chi connectivity index (χ2n) is 4.21. The van der Waals surface area contributed by atoms with Crippen molar-refractivity contribution in [3.05, 3.63) is 35.4 Å². The van der Waals surface area contributed by atoms with Crippen molar-refractivity contribution in [2.45, 2.75) is 12.2 Å². The van der Waals surface area contributed by atoms with E-state index in [-0.39, 0.29) is 23.6 Å². The SMILES string of the molecule is O=S1(=O)CCNC(c2ccccc2C(F)(F)F)C1. The van der Waals surface area contributed by atoms with E-state index in [2.05, 4.69) is 5.32 Å². The lowest BCUT2D eigenvalue weighted by molar-refractivity contribution is -0.138. The van der Waals surface area contributed by atoms with Gasteiger partial charge in [-0.1, -0.05) is 18.2 Å². The maximum atomic E-state index is 12.8. The highest BCUT2D eigenvalue weighted by atomic mass is 32.2. The van der Waals surface area contributed by atoms with Crippen molar-refractivity contribution < 1.29 is 21.6 Å². The van der Waals surface area contributed by atoms with Gasteiger partial charge in [-0.25, -0.2) is 8.42 Å². The Balaban J connectivity index is 2.39. The number of hydrogen-bond acceptors (Lipinski definition) is 3. The minimum Gasteiger partial charge on any atom is -0.308 e. The molecular formula is C11H12F3NO2S. The molecule has 1 N–H and O–H groups in total. The van der Waals surface area contributed by atoms with Crippen LogP contribution in [-0.4, -0.2) is 26.5 Å². The molecule has 1 unspecified atom stereocenters. The Hall–Kier alpha value is -1.08. The fraction of sp³-hybridized carbons (Fsp3) is 0.455. The molecule has 1 fully saturated rings. The topological polar surface area (TPSA) is 46.2 Å². The van der Waals surface area contributed by atoms with Gasteiger partial charge in [0.15, 0.2) is 9.84 Å². The number of benzene rings is 1. The zero-order chi connectivity index (χ0) is 13.4. The number of rotatable bonds is 1. The van der Waals surface area contributed by atoms with Crippen LogP contribution in [0.15, 0.2) is 24.3 Å². The van der Waals surface area contributed by atoms with E-state index < -0.39 is 27.6 Å². The summed E-state index contributed by atoms with van der Waals surface area (Å²) in [6.45, 7) is 0.180. The first kappa shape index (κ1) is 13.4. The van der Waals surface area contributed by atoms with Crippen LogP contribution in [0.25, 0.3) is 0 Å². The van der Waals surface area contributed by atoms with Gasteiger partial charge in [0.2, 0.25) is 0 Å². The summed E-state index contributed by atoms with van der Waals surface area (Å²) < 4.78 is 61.4. The zero-order valence-electron chi connectivity index (χ0n) is 9.37. The smallest absolute Gasteiger partial charge is 0.308 e. The zero-order valence-corrected chi connectivity index (χ0v) is 10.2. The van der Waals surface area contributed by atoms with Gasteiger partial charge in [-0.3, -0.25) is 0 Å². The average molecular weight is 279 g/mol. The molecule has 1 aliphatic heterocycles. The molecule has 1 atom stereocenters. The van der Waals surface area contributed by atoms with Crippen LogP contribution in [0.3, 0.4) is 0 Å². The lowest BCUT2D eigenvalue weighted by atomic mass is 10.0. The van der Waals surface area contributed by atoms with Crippen LogP contribution in [0, 0.1) is 0 Å². The van der Waals surface area contributed by atoms with Gasteiger partial charge in [-0.05, 0) is 11.6 Å². The summed E-state index contributed by atoms with van der Waals surface area (Å²) in [6, 6.07) is 4.28. The molecule has 0 spiro atoms. The van der Waals surface area contributed by atoms with Crippen LogP contribution in [0.2, 0.25) is 0 Å². The first-order chi connectivity index (χ1) is 8.30. The fourth-order valence-electron chi connectivity index (χ4n) is 2.04. The molecular weight excluding hydrogens is 267 g/mol. The molecule has 1 saturated heterocycles. The molecule has 1 aromatic rings. The van der Waals surface area contributed by atoms with E-state index >= 15 is 0 Å². The van der Waals surface area contributed by atoms with E-state index in [1.54, 1.807) is 0 Å². The lowest BCUT2D eigenvalue weighted by Crippen LogP contribution is -2.39. The molecule has 0 aromatic heterocycles. The van der Waals surface area contributed by atoms with Gasteiger partial charge >= 0.3 is 6.18 Å². The van der Waals surface area contributed by atoms with Crippen LogP contribution in [0.5, 0.6) is 0 Å². The Bertz CT molecular complexity index is 539. The highest BCUT2D eigenvalue weighted by Gasteiger charge is 2.36. The van der Waals surface area contributed by atoms with Crippen LogP contribution < -0.4 is 5.32 Å². The summed E-state index contributed by atoms with van der Waals surface area (Å²) >= 11 is 0. The predicted octanol–water partition coefficient (Wildman–Crippen LogP) is 1.76. The number of sulfone groups is 1. The molecule has 0 radical (unpaired) electrons. The second kappa shape index (κ2) is 4.55. The van der Waals surface area contributed by atoms with Gasteiger partial charge < -0.3 is 5.32 Å². The van der Waals surface area contributed by atoms with Crippen LogP contribution in [0.4, 0.5) is 13.2 Å². The number of alkyl halides is 3. The van der Waals surface area contributed by atoms with Gasteiger partial charge in [-0.2, -0.15) is 13.2 Å². The average Bonchev–Trinajstić information content (AvgIpc) is 2.26. The molecule has 0 aliphatic carbocycles. The maximum Gasteiger partial charge on any atom is 0.416 e. The second-order valence-corrected chi connectivity index (χ2v) is 6.43. The number of halogens is 3. The first-order valence-electron chi connectivity index (χ1n) is 5.39. The van der Waals surface area contributed by atoms with E-state index in [1.807, 2.05) is 0 Å². The standard InChI is InChI=1S/C11H12F3NO2S/c12-11(13,14)9-4-2-1-3-8(9)10-7-18(16,17)6-5-15-10/h1-4,10,15H,5-7H2. The third-order valence-electron chi connectivity index (χ3n) is 2.87. The highest BCUT2D eigenvalue weighted by molar-refractivity contribution is 7.91. The predicted molar refractivity (Wildman–Crippen MR) is 60.8 cm³/mol. The van der Waals surface area contributed by atoms with Gasteiger partial charge in [0.1, 0.15) is 0 Å². The third kappa shape index (κ3) is 2.84.